The molecule has 3 aromatic heterocycles. The first-order valence-electron chi connectivity index (χ1n) is 9.40. The van der Waals surface area contributed by atoms with Crippen molar-refractivity contribution in [1.82, 2.24) is 9.78 Å². The molecule has 0 saturated heterocycles. The van der Waals surface area contributed by atoms with Gasteiger partial charge in [-0.1, -0.05) is 11.6 Å². The second kappa shape index (κ2) is 8.85. The summed E-state index contributed by atoms with van der Waals surface area (Å²) >= 11 is 5.98. The summed E-state index contributed by atoms with van der Waals surface area (Å²) in [5, 5.41) is 5.01. The highest BCUT2D eigenvalue weighted by molar-refractivity contribution is 6.30. The van der Waals surface area contributed by atoms with Crippen LogP contribution in [0, 0.1) is 6.92 Å². The molecule has 0 N–H and O–H groups in total. The number of allylic oxidation sites excluding steroid dienone is 2. The predicted molar refractivity (Wildman–Crippen MR) is 117 cm³/mol. The monoisotopic (exact) mass is 432 g/mol. The lowest BCUT2D eigenvalue weighted by Crippen LogP contribution is -2.05. The smallest absolute Gasteiger partial charge is 0.206 e. The van der Waals surface area contributed by atoms with Crippen molar-refractivity contribution in [3.05, 3.63) is 107 Å². The van der Waals surface area contributed by atoms with Crippen molar-refractivity contribution in [2.75, 3.05) is 0 Å². The number of furan rings is 2. The van der Waals surface area contributed by atoms with Crippen LogP contribution >= 0.6 is 11.6 Å². The zero-order valence-corrected chi connectivity index (χ0v) is 17.2. The fraction of sp³-hybridized carbons (Fsp3) is 0.0417. The molecule has 31 heavy (non-hydrogen) atoms. The van der Waals surface area contributed by atoms with Gasteiger partial charge in [0.25, 0.3) is 0 Å². The van der Waals surface area contributed by atoms with Gasteiger partial charge in [-0.05, 0) is 79.8 Å². The Morgan fingerprint density at radius 2 is 1.48 bits per heavy atom. The number of hydrogen-bond donors (Lipinski definition) is 0. The van der Waals surface area contributed by atoms with Gasteiger partial charge in [-0.2, -0.15) is 5.10 Å². The summed E-state index contributed by atoms with van der Waals surface area (Å²) in [7, 11) is 0. The van der Waals surface area contributed by atoms with Crippen LogP contribution in [0.3, 0.4) is 0 Å². The first kappa shape index (κ1) is 20.4. The molecule has 0 aliphatic rings. The van der Waals surface area contributed by atoms with E-state index in [2.05, 4.69) is 5.10 Å². The van der Waals surface area contributed by atoms with E-state index in [0.29, 0.717) is 27.9 Å². The second-order valence-electron chi connectivity index (χ2n) is 6.62. The molecule has 0 aliphatic heterocycles. The van der Waals surface area contributed by atoms with Gasteiger partial charge in [-0.3, -0.25) is 9.59 Å². The van der Waals surface area contributed by atoms with Gasteiger partial charge < -0.3 is 8.83 Å². The largest absolute Gasteiger partial charge is 0.465 e. The molecule has 154 valence electrons. The predicted octanol–water partition coefficient (Wildman–Crippen LogP) is 5.81. The average molecular weight is 433 g/mol. The Morgan fingerprint density at radius 3 is 2.03 bits per heavy atom. The van der Waals surface area contributed by atoms with Crippen LogP contribution in [-0.2, 0) is 0 Å². The molecular formula is C24H17ClN2O4. The van der Waals surface area contributed by atoms with E-state index in [-0.39, 0.29) is 17.0 Å². The van der Waals surface area contributed by atoms with Crippen LogP contribution in [0.25, 0.3) is 17.8 Å². The lowest BCUT2D eigenvalue weighted by Gasteiger charge is -2.04. The molecule has 1 aromatic carbocycles. The van der Waals surface area contributed by atoms with E-state index in [4.69, 9.17) is 20.4 Å². The summed E-state index contributed by atoms with van der Waals surface area (Å²) in [6, 6.07) is 13.9. The molecule has 0 aliphatic carbocycles. The van der Waals surface area contributed by atoms with E-state index >= 15 is 0 Å². The Bertz CT molecular complexity index is 1260. The Balaban J connectivity index is 1.75. The average Bonchev–Trinajstić information content (AvgIpc) is 3.52. The van der Waals surface area contributed by atoms with E-state index in [1.165, 1.54) is 30.8 Å². The van der Waals surface area contributed by atoms with E-state index < -0.39 is 5.78 Å². The van der Waals surface area contributed by atoms with Gasteiger partial charge in [0.15, 0.2) is 5.78 Å². The number of carbonyl (C=O) groups excluding carboxylic acids is 2. The number of ketones is 2. The molecule has 6 nitrogen and oxygen atoms in total. The highest BCUT2D eigenvalue weighted by Crippen LogP contribution is 2.22. The number of hydrogen-bond acceptors (Lipinski definition) is 5. The number of halogens is 1. The van der Waals surface area contributed by atoms with Crippen molar-refractivity contribution in [2.24, 2.45) is 0 Å². The lowest BCUT2D eigenvalue weighted by molar-refractivity contribution is 0.101. The second-order valence-corrected chi connectivity index (χ2v) is 7.06. The van der Waals surface area contributed by atoms with Gasteiger partial charge in [-0.25, -0.2) is 4.68 Å². The van der Waals surface area contributed by atoms with Crippen molar-refractivity contribution < 1.29 is 18.4 Å². The Labute approximate surface area is 183 Å². The zero-order valence-electron chi connectivity index (χ0n) is 16.5. The molecule has 3 heterocycles. The van der Waals surface area contributed by atoms with Crippen LogP contribution in [0.2, 0.25) is 5.02 Å². The molecule has 7 heteroatoms. The third kappa shape index (κ3) is 4.49. The third-order valence-corrected chi connectivity index (χ3v) is 4.80. The number of aromatic nitrogens is 2. The summed E-state index contributed by atoms with van der Waals surface area (Å²) in [5.74, 6) is 0.278. The fourth-order valence-electron chi connectivity index (χ4n) is 3.05. The van der Waals surface area contributed by atoms with E-state index in [9.17, 15) is 9.59 Å². The Hall–Kier alpha value is -3.90. The summed E-state index contributed by atoms with van der Waals surface area (Å²) in [5.41, 5.74) is 1.47. The molecule has 0 fully saturated rings. The van der Waals surface area contributed by atoms with Crippen molar-refractivity contribution in [3.8, 4) is 5.69 Å². The summed E-state index contributed by atoms with van der Waals surface area (Å²) in [4.78, 5) is 25.9. The maximum Gasteiger partial charge on any atom is 0.206 e. The van der Waals surface area contributed by atoms with Crippen molar-refractivity contribution in [3.63, 3.8) is 0 Å². The Morgan fingerprint density at radius 1 is 0.903 bits per heavy atom. The number of rotatable bonds is 7. The van der Waals surface area contributed by atoms with Crippen LogP contribution < -0.4 is 0 Å². The summed E-state index contributed by atoms with van der Waals surface area (Å²) in [6.07, 6.45) is 8.81. The third-order valence-electron chi connectivity index (χ3n) is 4.55. The summed E-state index contributed by atoms with van der Waals surface area (Å²) in [6.45, 7) is 1.74. The highest BCUT2D eigenvalue weighted by Gasteiger charge is 2.24. The van der Waals surface area contributed by atoms with E-state index in [1.807, 2.05) is 0 Å². The van der Waals surface area contributed by atoms with Crippen LogP contribution in [0.5, 0.6) is 0 Å². The molecule has 0 saturated carbocycles. The molecule has 0 spiro atoms. The molecule has 0 unspecified atom stereocenters. The first-order chi connectivity index (χ1) is 15.0. The molecule has 0 amide bonds. The number of benzene rings is 1. The Kier molecular flexibility index (Phi) is 5.82. The minimum atomic E-state index is -0.415. The van der Waals surface area contributed by atoms with Gasteiger partial charge >= 0.3 is 0 Å². The van der Waals surface area contributed by atoms with Gasteiger partial charge in [0, 0.05) is 5.02 Å². The van der Waals surface area contributed by atoms with Crippen molar-refractivity contribution in [2.45, 2.75) is 6.92 Å². The van der Waals surface area contributed by atoms with Crippen LogP contribution in [-0.4, -0.2) is 21.3 Å². The molecule has 4 rings (SSSR count). The maximum absolute atomic E-state index is 13.0. The van der Waals surface area contributed by atoms with Crippen molar-refractivity contribution in [1.29, 1.82) is 0 Å². The van der Waals surface area contributed by atoms with Gasteiger partial charge in [0.05, 0.1) is 29.5 Å². The molecule has 0 atom stereocenters. The fourth-order valence-corrected chi connectivity index (χ4v) is 3.18. The molecule has 0 radical (unpaired) electrons. The standard InChI is InChI=1S/C24H17ClN2O4/c1-16-23(21(28)12-10-19-4-2-14-30-19)24(22(29)13-11-20-5-3-15-31-20)26-27(16)18-8-6-17(25)7-9-18/h2-15H,1H3/b12-10+,13-11+. The van der Waals surface area contributed by atoms with Gasteiger partial charge in [0.1, 0.15) is 17.2 Å². The molecule has 0 bridgehead atoms. The van der Waals surface area contributed by atoms with Gasteiger partial charge in [0.2, 0.25) is 5.78 Å². The van der Waals surface area contributed by atoms with E-state index in [1.54, 1.807) is 66.2 Å². The maximum atomic E-state index is 13.0. The lowest BCUT2D eigenvalue weighted by atomic mass is 10.0. The van der Waals surface area contributed by atoms with Crippen LogP contribution in [0.4, 0.5) is 0 Å². The minimum Gasteiger partial charge on any atom is -0.465 e. The number of carbonyl (C=O) groups is 2. The zero-order chi connectivity index (χ0) is 21.8. The highest BCUT2D eigenvalue weighted by atomic mass is 35.5. The van der Waals surface area contributed by atoms with Crippen molar-refractivity contribution >= 4 is 35.3 Å². The van der Waals surface area contributed by atoms with Crippen LogP contribution in [0.15, 0.2) is 82.0 Å². The normalized spacial score (nSPS) is 11.5. The minimum absolute atomic E-state index is 0.0457. The topological polar surface area (TPSA) is 78.2 Å². The SMILES string of the molecule is Cc1c(C(=O)/C=C/c2ccco2)c(C(=O)/C=C/c2ccco2)nn1-c1ccc(Cl)cc1. The van der Waals surface area contributed by atoms with Gasteiger partial charge in [-0.15, -0.1) is 0 Å². The molecular weight excluding hydrogens is 416 g/mol. The van der Waals surface area contributed by atoms with E-state index in [0.717, 1.165) is 0 Å². The quantitative estimate of drug-likeness (QED) is 0.272. The van der Waals surface area contributed by atoms with Crippen LogP contribution in [0.1, 0.15) is 38.1 Å². The molecule has 4 aromatic rings. The number of nitrogens with zero attached hydrogens (tertiary/aromatic N) is 2. The summed E-state index contributed by atoms with van der Waals surface area (Å²) < 4.78 is 12.0. The first-order valence-corrected chi connectivity index (χ1v) is 9.78.